The van der Waals surface area contributed by atoms with Crippen molar-refractivity contribution in [3.8, 4) is 22.3 Å². The number of amides is 1. The number of hydrogen-bond acceptors (Lipinski definition) is 8. The molecule has 14 heteroatoms. The minimum atomic E-state index is -4.91. The highest BCUT2D eigenvalue weighted by atomic mass is 35.5. The van der Waals surface area contributed by atoms with E-state index in [-0.39, 0.29) is 16.8 Å². The number of nitrogens with one attached hydrogen (secondary N) is 1. The SMILES string of the molecule is COc1ccc(-n2ncc(C(=O)Nc3nnc(-c4ccccc4Cl)s3)c2C(F)(F)F)nn1. The third-order valence-electron chi connectivity index (χ3n) is 4.08. The van der Waals surface area contributed by atoms with Crippen LogP contribution in [-0.4, -0.2) is 43.2 Å². The summed E-state index contributed by atoms with van der Waals surface area (Å²) in [5.74, 6) is -1.20. The van der Waals surface area contributed by atoms with Crippen molar-refractivity contribution in [2.24, 2.45) is 0 Å². The van der Waals surface area contributed by atoms with Gasteiger partial charge >= 0.3 is 6.18 Å². The van der Waals surface area contributed by atoms with Gasteiger partial charge in [-0.15, -0.1) is 20.4 Å². The van der Waals surface area contributed by atoms with Crippen molar-refractivity contribution >= 4 is 34.0 Å². The molecule has 3 aromatic heterocycles. The fourth-order valence-electron chi connectivity index (χ4n) is 2.68. The summed E-state index contributed by atoms with van der Waals surface area (Å²) in [6.07, 6.45) is -4.12. The molecule has 1 N–H and O–H groups in total. The maximum atomic E-state index is 13.8. The molecule has 0 spiro atoms. The molecule has 3 heterocycles. The average Bonchev–Trinajstić information content (AvgIpc) is 3.41. The maximum absolute atomic E-state index is 13.8. The van der Waals surface area contributed by atoms with E-state index < -0.39 is 23.3 Å². The lowest BCUT2D eigenvalue weighted by Crippen LogP contribution is -2.21. The van der Waals surface area contributed by atoms with Gasteiger partial charge in [-0.05, 0) is 12.1 Å². The van der Waals surface area contributed by atoms with Gasteiger partial charge in [0.15, 0.2) is 16.5 Å². The minimum Gasteiger partial charge on any atom is -0.480 e. The molecule has 0 bridgehead atoms. The maximum Gasteiger partial charge on any atom is 0.434 e. The number of ether oxygens (including phenoxy) is 1. The standard InChI is InChI=1S/C18H11ClF3N7O2S/c1-31-13-7-6-12(25-26-13)29-14(18(20,21)22)10(8-23-29)15(30)24-17-28-27-16(32-17)9-4-2-3-5-11(9)19/h2-8H,1H3,(H,24,28,30). The Morgan fingerprint density at radius 1 is 1.12 bits per heavy atom. The monoisotopic (exact) mass is 481 g/mol. The molecule has 1 amide bonds. The van der Waals surface area contributed by atoms with Gasteiger partial charge in [-0.3, -0.25) is 10.1 Å². The molecule has 4 rings (SSSR count). The van der Waals surface area contributed by atoms with Gasteiger partial charge in [0, 0.05) is 11.6 Å². The minimum absolute atomic E-state index is 0.00460. The van der Waals surface area contributed by atoms with Gasteiger partial charge in [-0.25, -0.2) is 4.68 Å². The molecule has 0 aliphatic carbocycles. The van der Waals surface area contributed by atoms with Crippen molar-refractivity contribution < 1.29 is 22.7 Å². The zero-order chi connectivity index (χ0) is 22.9. The number of nitrogens with zero attached hydrogens (tertiary/aromatic N) is 6. The smallest absolute Gasteiger partial charge is 0.434 e. The lowest BCUT2D eigenvalue weighted by Gasteiger charge is -2.11. The van der Waals surface area contributed by atoms with Crippen molar-refractivity contribution in [3.05, 3.63) is 58.9 Å². The molecule has 0 atom stereocenters. The first-order chi connectivity index (χ1) is 15.3. The van der Waals surface area contributed by atoms with Crippen LogP contribution in [-0.2, 0) is 6.18 Å². The van der Waals surface area contributed by atoms with Gasteiger partial charge in [0.05, 0.1) is 23.9 Å². The van der Waals surface area contributed by atoms with Crippen LogP contribution in [0.4, 0.5) is 18.3 Å². The second-order valence-corrected chi connectivity index (χ2v) is 7.48. The van der Waals surface area contributed by atoms with Crippen LogP contribution in [0.5, 0.6) is 5.88 Å². The topological polar surface area (TPSA) is 108 Å². The Morgan fingerprint density at radius 3 is 2.56 bits per heavy atom. The number of alkyl halides is 3. The van der Waals surface area contributed by atoms with Gasteiger partial charge < -0.3 is 4.74 Å². The molecule has 0 unspecified atom stereocenters. The van der Waals surface area contributed by atoms with Gasteiger partial charge in [-0.2, -0.15) is 18.3 Å². The van der Waals surface area contributed by atoms with Crippen LogP contribution in [0.25, 0.3) is 16.4 Å². The first kappa shape index (κ1) is 21.6. The number of benzene rings is 1. The summed E-state index contributed by atoms with van der Waals surface area (Å²) >= 11 is 7.08. The van der Waals surface area contributed by atoms with E-state index in [0.29, 0.717) is 20.3 Å². The van der Waals surface area contributed by atoms with E-state index in [0.717, 1.165) is 17.5 Å². The third-order valence-corrected chi connectivity index (χ3v) is 5.29. The summed E-state index contributed by atoms with van der Waals surface area (Å²) in [5, 5.41) is 21.8. The highest BCUT2D eigenvalue weighted by Crippen LogP contribution is 2.35. The quantitative estimate of drug-likeness (QED) is 0.457. The molecule has 0 saturated heterocycles. The van der Waals surface area contributed by atoms with Crippen LogP contribution in [0.15, 0.2) is 42.6 Å². The van der Waals surface area contributed by atoms with E-state index >= 15 is 0 Å². The molecule has 0 aliphatic heterocycles. The van der Waals surface area contributed by atoms with E-state index in [1.165, 1.54) is 19.2 Å². The predicted molar refractivity (Wildman–Crippen MR) is 109 cm³/mol. The van der Waals surface area contributed by atoms with Crippen molar-refractivity contribution in [1.82, 2.24) is 30.2 Å². The fourth-order valence-corrected chi connectivity index (χ4v) is 3.74. The molecule has 0 aliphatic rings. The van der Waals surface area contributed by atoms with Crippen molar-refractivity contribution in [2.45, 2.75) is 6.18 Å². The molecular formula is C18H11ClF3N7O2S. The number of halogens is 4. The second kappa shape index (κ2) is 8.51. The Hall–Kier alpha value is -3.58. The highest BCUT2D eigenvalue weighted by Gasteiger charge is 2.41. The van der Waals surface area contributed by atoms with Gasteiger partial charge in [-0.1, -0.05) is 41.1 Å². The second-order valence-electron chi connectivity index (χ2n) is 6.10. The molecule has 0 saturated carbocycles. The first-order valence-corrected chi connectivity index (χ1v) is 9.90. The molecule has 9 nitrogen and oxygen atoms in total. The number of anilines is 1. The summed E-state index contributed by atoms with van der Waals surface area (Å²) in [6, 6.07) is 9.39. The zero-order valence-corrected chi connectivity index (χ0v) is 17.5. The fraction of sp³-hybridized carbons (Fsp3) is 0.111. The zero-order valence-electron chi connectivity index (χ0n) is 16.0. The number of aromatic nitrogens is 6. The van der Waals surface area contributed by atoms with E-state index in [1.54, 1.807) is 24.3 Å². The number of carbonyl (C=O) groups is 1. The molecule has 32 heavy (non-hydrogen) atoms. The van der Waals surface area contributed by atoms with E-state index in [2.05, 4.69) is 30.8 Å². The van der Waals surface area contributed by atoms with E-state index in [4.69, 9.17) is 16.3 Å². The Labute approximate surface area is 186 Å². The van der Waals surface area contributed by atoms with Gasteiger partial charge in [0.25, 0.3) is 5.91 Å². The summed E-state index contributed by atoms with van der Waals surface area (Å²) in [6.45, 7) is 0. The van der Waals surface area contributed by atoms with Crippen LogP contribution >= 0.6 is 22.9 Å². The van der Waals surface area contributed by atoms with E-state index in [9.17, 15) is 18.0 Å². The normalized spacial score (nSPS) is 11.4. The summed E-state index contributed by atoms with van der Waals surface area (Å²) in [5.41, 5.74) is -1.45. The summed E-state index contributed by atoms with van der Waals surface area (Å²) in [4.78, 5) is 12.6. The summed E-state index contributed by atoms with van der Waals surface area (Å²) in [7, 11) is 1.34. The van der Waals surface area contributed by atoms with Crippen LogP contribution < -0.4 is 10.1 Å². The highest BCUT2D eigenvalue weighted by molar-refractivity contribution is 7.18. The summed E-state index contributed by atoms with van der Waals surface area (Å²) < 4.78 is 46.7. The van der Waals surface area contributed by atoms with Crippen molar-refractivity contribution in [3.63, 3.8) is 0 Å². The molecular weight excluding hydrogens is 471 g/mol. The largest absolute Gasteiger partial charge is 0.480 e. The lowest BCUT2D eigenvalue weighted by molar-refractivity contribution is -0.143. The van der Waals surface area contributed by atoms with Crippen molar-refractivity contribution in [1.29, 1.82) is 0 Å². The van der Waals surface area contributed by atoms with E-state index in [1.807, 2.05) is 0 Å². The number of hydrogen-bond donors (Lipinski definition) is 1. The van der Waals surface area contributed by atoms with Crippen LogP contribution in [0.3, 0.4) is 0 Å². The average molecular weight is 482 g/mol. The lowest BCUT2D eigenvalue weighted by atomic mass is 10.2. The van der Waals surface area contributed by atoms with Gasteiger partial charge in [0.1, 0.15) is 0 Å². The molecule has 0 fully saturated rings. The predicted octanol–water partition coefficient (Wildman–Crippen LogP) is 4.11. The number of rotatable bonds is 5. The molecule has 1 aromatic carbocycles. The van der Waals surface area contributed by atoms with Crippen molar-refractivity contribution in [2.75, 3.05) is 12.4 Å². The van der Waals surface area contributed by atoms with Crippen LogP contribution in [0.1, 0.15) is 16.1 Å². The molecule has 0 radical (unpaired) electrons. The third kappa shape index (κ3) is 4.24. The Bertz CT molecular complexity index is 1270. The van der Waals surface area contributed by atoms with Crippen LogP contribution in [0, 0.1) is 0 Å². The molecule has 164 valence electrons. The number of carbonyl (C=O) groups excluding carboxylic acids is 1. The van der Waals surface area contributed by atoms with Gasteiger partial charge in [0.2, 0.25) is 11.0 Å². The Balaban J connectivity index is 1.64. The van der Waals surface area contributed by atoms with Crippen LogP contribution in [0.2, 0.25) is 5.02 Å². The number of methoxy groups -OCH3 is 1. The molecule has 4 aromatic rings. The Morgan fingerprint density at radius 2 is 1.91 bits per heavy atom. The Kier molecular flexibility index (Phi) is 5.76. The first-order valence-electron chi connectivity index (χ1n) is 8.71.